The third-order valence-electron chi connectivity index (χ3n) is 3.80. The molecule has 1 aromatic rings. The maximum absolute atomic E-state index is 12.0. The average Bonchev–Trinajstić information content (AvgIpc) is 2.39. The van der Waals surface area contributed by atoms with E-state index in [1.165, 1.54) is 16.7 Å². The Labute approximate surface area is 160 Å². The SMILES string of the molecule is Cc1cc(C)cc(C)c1.N[C@@H]1CCCC[C@H]1NS(=O)(=O)C(F)(F)F.[Ru]. The molecule has 1 saturated carbocycles. The molecule has 3 N–H and O–H groups in total. The van der Waals surface area contributed by atoms with Crippen LogP contribution >= 0.6 is 0 Å². The molecular weight excluding hydrogens is 442 g/mol. The van der Waals surface area contributed by atoms with E-state index in [4.69, 9.17) is 5.73 Å². The van der Waals surface area contributed by atoms with Crippen molar-refractivity contribution in [1.29, 1.82) is 0 Å². The summed E-state index contributed by atoms with van der Waals surface area (Å²) in [6.07, 6.45) is 2.42. The molecule has 0 radical (unpaired) electrons. The van der Waals surface area contributed by atoms with Gasteiger partial charge in [0.25, 0.3) is 0 Å². The molecule has 25 heavy (non-hydrogen) atoms. The topological polar surface area (TPSA) is 72.2 Å². The van der Waals surface area contributed by atoms with Crippen molar-refractivity contribution in [3.05, 3.63) is 34.9 Å². The van der Waals surface area contributed by atoms with E-state index in [1.807, 2.05) is 0 Å². The molecule has 0 unspecified atom stereocenters. The summed E-state index contributed by atoms with van der Waals surface area (Å²) in [6.45, 7) is 6.38. The van der Waals surface area contributed by atoms with Gasteiger partial charge in [0.2, 0.25) is 0 Å². The Kier molecular flexibility index (Phi) is 9.80. The summed E-state index contributed by atoms with van der Waals surface area (Å²) in [7, 11) is -5.26. The summed E-state index contributed by atoms with van der Waals surface area (Å²) in [5, 5.41) is 0. The summed E-state index contributed by atoms with van der Waals surface area (Å²) in [6, 6.07) is 5.23. The van der Waals surface area contributed by atoms with E-state index in [1.54, 1.807) is 4.72 Å². The first-order valence-electron chi connectivity index (χ1n) is 7.81. The number of halogens is 3. The first-order chi connectivity index (χ1) is 10.9. The molecule has 0 aromatic heterocycles. The van der Waals surface area contributed by atoms with Crippen LogP contribution in [0.15, 0.2) is 18.2 Å². The van der Waals surface area contributed by atoms with E-state index in [9.17, 15) is 21.6 Å². The second kappa shape index (κ2) is 10.00. The van der Waals surface area contributed by atoms with Crippen LogP contribution < -0.4 is 10.5 Å². The van der Waals surface area contributed by atoms with Crippen molar-refractivity contribution < 1.29 is 41.1 Å². The number of nitrogens with two attached hydrogens (primary N) is 1. The van der Waals surface area contributed by atoms with Gasteiger partial charge < -0.3 is 5.73 Å². The number of rotatable bonds is 2. The summed E-state index contributed by atoms with van der Waals surface area (Å²) in [5.41, 5.74) is 4.34. The van der Waals surface area contributed by atoms with E-state index >= 15 is 0 Å². The Morgan fingerprint density at radius 2 is 1.40 bits per heavy atom. The molecule has 146 valence electrons. The van der Waals surface area contributed by atoms with E-state index in [0.29, 0.717) is 19.3 Å². The van der Waals surface area contributed by atoms with Gasteiger partial charge in [0, 0.05) is 31.6 Å². The first-order valence-corrected chi connectivity index (χ1v) is 9.30. The molecule has 0 amide bonds. The fraction of sp³-hybridized carbons (Fsp3) is 0.625. The van der Waals surface area contributed by atoms with Crippen molar-refractivity contribution in [3.63, 3.8) is 0 Å². The number of aryl methyl sites for hydroxylation is 3. The minimum Gasteiger partial charge on any atom is -0.326 e. The molecule has 1 aliphatic rings. The van der Waals surface area contributed by atoms with E-state index in [-0.39, 0.29) is 19.5 Å². The minimum absolute atomic E-state index is 0. The molecule has 2 rings (SSSR count). The molecular formula is C16H25F3N2O2RuS. The van der Waals surface area contributed by atoms with Crippen LogP contribution in [-0.4, -0.2) is 26.0 Å². The van der Waals surface area contributed by atoms with Crippen molar-refractivity contribution in [2.75, 3.05) is 0 Å². The monoisotopic (exact) mass is 468 g/mol. The number of hydrogen-bond donors (Lipinski definition) is 2. The van der Waals surface area contributed by atoms with Crippen molar-refractivity contribution >= 4 is 10.0 Å². The van der Waals surface area contributed by atoms with Crippen LogP contribution in [0.25, 0.3) is 0 Å². The Morgan fingerprint density at radius 1 is 1.00 bits per heavy atom. The second-order valence-corrected chi connectivity index (χ2v) is 7.99. The fourth-order valence-corrected chi connectivity index (χ4v) is 3.60. The molecule has 1 fully saturated rings. The van der Waals surface area contributed by atoms with Crippen molar-refractivity contribution in [2.24, 2.45) is 5.73 Å². The van der Waals surface area contributed by atoms with Gasteiger partial charge in [-0.05, 0) is 33.6 Å². The molecule has 0 aliphatic heterocycles. The number of alkyl halides is 3. The molecule has 0 saturated heterocycles. The predicted molar refractivity (Wildman–Crippen MR) is 89.0 cm³/mol. The zero-order valence-corrected chi connectivity index (χ0v) is 17.1. The first kappa shape index (κ1) is 24.5. The quantitative estimate of drug-likeness (QED) is 0.656. The van der Waals surface area contributed by atoms with Crippen LogP contribution in [0.5, 0.6) is 0 Å². The number of hydrogen-bond acceptors (Lipinski definition) is 3. The third kappa shape index (κ3) is 8.16. The van der Waals surface area contributed by atoms with Crippen molar-refractivity contribution in [1.82, 2.24) is 4.72 Å². The molecule has 4 nitrogen and oxygen atoms in total. The second-order valence-electron chi connectivity index (χ2n) is 6.29. The van der Waals surface area contributed by atoms with Gasteiger partial charge >= 0.3 is 15.5 Å². The molecule has 0 spiro atoms. The molecule has 2 atom stereocenters. The maximum Gasteiger partial charge on any atom is 0.511 e. The minimum atomic E-state index is -5.26. The summed E-state index contributed by atoms with van der Waals surface area (Å²) in [5.74, 6) is 0. The Bertz CT molecular complexity index is 601. The van der Waals surface area contributed by atoms with Crippen LogP contribution in [0.1, 0.15) is 42.4 Å². The van der Waals surface area contributed by atoms with Gasteiger partial charge in [0.1, 0.15) is 0 Å². The summed E-state index contributed by atoms with van der Waals surface area (Å²) < 4.78 is 59.2. The Hall–Kier alpha value is -0.497. The van der Waals surface area contributed by atoms with Gasteiger partial charge in [-0.3, -0.25) is 0 Å². The van der Waals surface area contributed by atoms with Crippen molar-refractivity contribution in [2.45, 2.75) is 64.0 Å². The van der Waals surface area contributed by atoms with Crippen LogP contribution in [-0.2, 0) is 29.5 Å². The molecule has 1 aliphatic carbocycles. The maximum atomic E-state index is 12.0. The van der Waals surface area contributed by atoms with Crippen LogP contribution in [0.3, 0.4) is 0 Å². The van der Waals surface area contributed by atoms with Gasteiger partial charge in [-0.15, -0.1) is 0 Å². The van der Waals surface area contributed by atoms with Gasteiger partial charge in [-0.25, -0.2) is 13.1 Å². The van der Waals surface area contributed by atoms with Crippen LogP contribution in [0.2, 0.25) is 0 Å². The Morgan fingerprint density at radius 3 is 1.76 bits per heavy atom. The van der Waals surface area contributed by atoms with Gasteiger partial charge in [0.05, 0.1) is 0 Å². The molecule has 1 aromatic carbocycles. The molecule has 9 heteroatoms. The van der Waals surface area contributed by atoms with E-state index < -0.39 is 27.6 Å². The standard InChI is InChI=1S/C9H12.C7H13F3N2O2S.Ru/c1-7-4-8(2)6-9(3)5-7;8-7(9,10)15(13,14)12-6-4-2-1-3-5(6)11;/h4-6H,1-3H3;5-6,12H,1-4,11H2;/t;5-,6-;/m.1./s1. The fourth-order valence-electron chi connectivity index (χ4n) is 2.77. The predicted octanol–water partition coefficient (Wildman–Crippen LogP) is 3.30. The average molecular weight is 468 g/mol. The third-order valence-corrected chi connectivity index (χ3v) is 5.02. The van der Waals surface area contributed by atoms with Crippen LogP contribution in [0, 0.1) is 20.8 Å². The van der Waals surface area contributed by atoms with Crippen LogP contribution in [0.4, 0.5) is 13.2 Å². The normalized spacial score (nSPS) is 20.9. The summed E-state index contributed by atoms with van der Waals surface area (Å²) in [4.78, 5) is 0. The number of benzene rings is 1. The van der Waals surface area contributed by atoms with Gasteiger partial charge in [0.15, 0.2) is 0 Å². The van der Waals surface area contributed by atoms with E-state index in [0.717, 1.165) is 6.42 Å². The van der Waals surface area contributed by atoms with E-state index in [2.05, 4.69) is 39.0 Å². The zero-order chi connectivity index (χ0) is 18.5. The largest absolute Gasteiger partial charge is 0.511 e. The molecule has 0 bridgehead atoms. The van der Waals surface area contributed by atoms with Crippen molar-refractivity contribution in [3.8, 4) is 0 Å². The number of sulfonamides is 1. The Balaban J connectivity index is 0.000000495. The van der Waals surface area contributed by atoms with Gasteiger partial charge in [-0.1, -0.05) is 47.7 Å². The smallest absolute Gasteiger partial charge is 0.326 e. The summed E-state index contributed by atoms with van der Waals surface area (Å²) >= 11 is 0. The van der Waals surface area contributed by atoms with Gasteiger partial charge in [-0.2, -0.15) is 13.2 Å². The zero-order valence-electron chi connectivity index (χ0n) is 14.5. The molecule has 0 heterocycles. The number of nitrogens with one attached hydrogen (secondary N) is 1.